The lowest BCUT2D eigenvalue weighted by Gasteiger charge is -2.32. The van der Waals surface area contributed by atoms with Crippen LogP contribution in [0.2, 0.25) is 0 Å². The van der Waals surface area contributed by atoms with E-state index in [9.17, 15) is 9.59 Å². The summed E-state index contributed by atoms with van der Waals surface area (Å²) >= 11 is 0. The van der Waals surface area contributed by atoms with Crippen LogP contribution in [0.15, 0.2) is 24.3 Å². The van der Waals surface area contributed by atoms with Crippen LogP contribution >= 0.6 is 0 Å². The van der Waals surface area contributed by atoms with Crippen molar-refractivity contribution in [3.05, 3.63) is 35.4 Å². The molecule has 4 nitrogen and oxygen atoms in total. The first-order chi connectivity index (χ1) is 12.5. The summed E-state index contributed by atoms with van der Waals surface area (Å²) in [6.07, 6.45) is 6.92. The molecule has 3 aliphatic carbocycles. The fraction of sp³-hybridized carbons (Fsp3) is 0.636. The van der Waals surface area contributed by atoms with Gasteiger partial charge in [-0.15, -0.1) is 0 Å². The topological polar surface area (TPSA) is 58.2 Å². The molecule has 4 heteroatoms. The maximum absolute atomic E-state index is 12.7. The van der Waals surface area contributed by atoms with Gasteiger partial charge < -0.3 is 10.6 Å². The van der Waals surface area contributed by atoms with Gasteiger partial charge in [-0.1, -0.05) is 36.2 Å². The summed E-state index contributed by atoms with van der Waals surface area (Å²) < 4.78 is 0. The van der Waals surface area contributed by atoms with Crippen LogP contribution in [0.25, 0.3) is 0 Å². The Morgan fingerprint density at radius 2 is 1.81 bits per heavy atom. The third-order valence-electron chi connectivity index (χ3n) is 7.02. The Kier molecular flexibility index (Phi) is 4.76. The Morgan fingerprint density at radius 1 is 1.08 bits per heavy atom. The molecule has 0 heterocycles. The van der Waals surface area contributed by atoms with Gasteiger partial charge in [-0.2, -0.15) is 0 Å². The number of rotatable bonds is 5. The number of aryl methyl sites for hydroxylation is 1. The molecule has 2 amide bonds. The smallest absolute Gasteiger partial charge is 0.222 e. The third kappa shape index (κ3) is 3.38. The monoisotopic (exact) mass is 354 g/mol. The molecule has 0 radical (unpaired) electrons. The summed E-state index contributed by atoms with van der Waals surface area (Å²) in [5.74, 6) is 3.28. The summed E-state index contributed by atoms with van der Waals surface area (Å²) in [6.45, 7) is 3.55. The highest BCUT2D eigenvalue weighted by Gasteiger charge is 2.54. The van der Waals surface area contributed by atoms with Crippen molar-refractivity contribution >= 4 is 11.8 Å². The van der Waals surface area contributed by atoms with Gasteiger partial charge in [0.15, 0.2) is 0 Å². The SMILES string of the molecule is CC(=O)NC(CC(=O)NC1CC2CC1C1CCCC21)c1ccc(C)cc1. The van der Waals surface area contributed by atoms with Crippen LogP contribution in [0.1, 0.15) is 62.6 Å². The van der Waals surface area contributed by atoms with E-state index in [0.717, 1.165) is 29.7 Å². The van der Waals surface area contributed by atoms with Crippen LogP contribution < -0.4 is 10.6 Å². The molecule has 1 aromatic carbocycles. The van der Waals surface area contributed by atoms with Crippen molar-refractivity contribution in [1.82, 2.24) is 10.6 Å². The minimum absolute atomic E-state index is 0.0661. The van der Waals surface area contributed by atoms with E-state index >= 15 is 0 Å². The molecule has 26 heavy (non-hydrogen) atoms. The molecule has 3 fully saturated rings. The number of nitrogens with one attached hydrogen (secondary N) is 2. The van der Waals surface area contributed by atoms with Crippen molar-refractivity contribution < 1.29 is 9.59 Å². The predicted octanol–water partition coefficient (Wildman–Crippen LogP) is 3.50. The van der Waals surface area contributed by atoms with Crippen LogP contribution in [-0.2, 0) is 9.59 Å². The highest BCUT2D eigenvalue weighted by atomic mass is 16.2. The van der Waals surface area contributed by atoms with E-state index in [0.29, 0.717) is 18.4 Å². The number of hydrogen-bond acceptors (Lipinski definition) is 2. The molecule has 3 aliphatic rings. The van der Waals surface area contributed by atoms with Gasteiger partial charge in [0, 0.05) is 13.0 Å². The molecule has 0 saturated heterocycles. The Balaban J connectivity index is 1.39. The Labute approximate surface area is 156 Å². The molecule has 0 aliphatic heterocycles. The maximum atomic E-state index is 12.7. The van der Waals surface area contributed by atoms with Gasteiger partial charge in [0.2, 0.25) is 11.8 Å². The van der Waals surface area contributed by atoms with E-state index in [2.05, 4.69) is 10.6 Å². The third-order valence-corrected chi connectivity index (χ3v) is 7.02. The number of amides is 2. The Bertz CT molecular complexity index is 684. The van der Waals surface area contributed by atoms with Crippen LogP contribution in [0, 0.1) is 30.6 Å². The minimum atomic E-state index is -0.258. The van der Waals surface area contributed by atoms with E-state index in [4.69, 9.17) is 0 Å². The number of fused-ring (bicyclic) bond motifs is 5. The number of benzene rings is 1. The predicted molar refractivity (Wildman–Crippen MR) is 101 cm³/mol. The lowest BCUT2D eigenvalue weighted by molar-refractivity contribution is -0.123. The summed E-state index contributed by atoms with van der Waals surface area (Å²) in [4.78, 5) is 24.3. The molecule has 2 N–H and O–H groups in total. The summed E-state index contributed by atoms with van der Waals surface area (Å²) in [5, 5.41) is 6.26. The van der Waals surface area contributed by atoms with Gasteiger partial charge >= 0.3 is 0 Å². The zero-order chi connectivity index (χ0) is 18.3. The molecule has 140 valence electrons. The second kappa shape index (κ2) is 7.05. The molecule has 0 aromatic heterocycles. The van der Waals surface area contributed by atoms with Gasteiger partial charge in [-0.3, -0.25) is 9.59 Å². The minimum Gasteiger partial charge on any atom is -0.353 e. The van der Waals surface area contributed by atoms with Gasteiger partial charge in [0.05, 0.1) is 12.5 Å². The lowest BCUT2D eigenvalue weighted by atomic mass is 9.79. The molecule has 6 atom stereocenters. The Morgan fingerprint density at radius 3 is 2.54 bits per heavy atom. The standard InChI is InChI=1S/C22H30N2O2/c1-13-6-8-15(9-7-13)20(23-14(2)25)12-22(26)24-21-11-16-10-19(21)18-5-3-4-17(16)18/h6-9,16-21H,3-5,10-12H2,1-2H3,(H,23,25)(H,24,26). The van der Waals surface area contributed by atoms with E-state index in [-0.39, 0.29) is 17.9 Å². The highest BCUT2D eigenvalue weighted by Crippen LogP contribution is 2.58. The van der Waals surface area contributed by atoms with Crippen LogP contribution in [0.3, 0.4) is 0 Å². The normalized spacial score (nSPS) is 32.9. The van der Waals surface area contributed by atoms with Crippen LogP contribution in [-0.4, -0.2) is 17.9 Å². The lowest BCUT2D eigenvalue weighted by Crippen LogP contribution is -2.43. The Hall–Kier alpha value is -1.84. The van der Waals surface area contributed by atoms with Gasteiger partial charge in [-0.25, -0.2) is 0 Å². The van der Waals surface area contributed by atoms with Gasteiger partial charge in [-0.05, 0) is 61.8 Å². The first-order valence-corrected chi connectivity index (χ1v) is 10.1. The van der Waals surface area contributed by atoms with Gasteiger partial charge in [0.1, 0.15) is 0 Å². The largest absolute Gasteiger partial charge is 0.353 e. The van der Waals surface area contributed by atoms with Crippen molar-refractivity contribution in [1.29, 1.82) is 0 Å². The average molecular weight is 354 g/mol. The van der Waals surface area contributed by atoms with Crippen LogP contribution in [0.4, 0.5) is 0 Å². The van der Waals surface area contributed by atoms with E-state index < -0.39 is 0 Å². The molecule has 4 rings (SSSR count). The van der Waals surface area contributed by atoms with Crippen molar-refractivity contribution in [3.63, 3.8) is 0 Å². The highest BCUT2D eigenvalue weighted by molar-refractivity contribution is 5.79. The second-order valence-electron chi connectivity index (χ2n) is 8.70. The number of hydrogen-bond donors (Lipinski definition) is 2. The van der Waals surface area contributed by atoms with Crippen molar-refractivity contribution in [3.8, 4) is 0 Å². The zero-order valence-electron chi connectivity index (χ0n) is 15.8. The number of carbonyl (C=O) groups is 2. The number of carbonyl (C=O) groups excluding carboxylic acids is 2. The van der Waals surface area contributed by atoms with Gasteiger partial charge in [0.25, 0.3) is 0 Å². The fourth-order valence-corrected chi connectivity index (χ4v) is 5.98. The quantitative estimate of drug-likeness (QED) is 0.850. The summed E-state index contributed by atoms with van der Waals surface area (Å²) in [5.41, 5.74) is 2.16. The maximum Gasteiger partial charge on any atom is 0.222 e. The van der Waals surface area contributed by atoms with E-state index in [1.807, 2.05) is 31.2 Å². The molecule has 0 spiro atoms. The first kappa shape index (κ1) is 17.6. The van der Waals surface area contributed by atoms with Crippen LogP contribution in [0.5, 0.6) is 0 Å². The average Bonchev–Trinajstić information content (AvgIpc) is 3.27. The molecule has 6 unspecified atom stereocenters. The fourth-order valence-electron chi connectivity index (χ4n) is 5.98. The van der Waals surface area contributed by atoms with Crippen molar-refractivity contribution in [2.75, 3.05) is 0 Å². The first-order valence-electron chi connectivity index (χ1n) is 10.1. The summed E-state index contributed by atoms with van der Waals surface area (Å²) in [6, 6.07) is 8.15. The second-order valence-corrected chi connectivity index (χ2v) is 8.70. The molecule has 1 aromatic rings. The van der Waals surface area contributed by atoms with E-state index in [1.165, 1.54) is 38.2 Å². The summed E-state index contributed by atoms with van der Waals surface area (Å²) in [7, 11) is 0. The molecular formula is C22H30N2O2. The van der Waals surface area contributed by atoms with E-state index in [1.54, 1.807) is 0 Å². The molecule has 2 bridgehead atoms. The van der Waals surface area contributed by atoms with Crippen molar-refractivity contribution in [2.24, 2.45) is 23.7 Å². The zero-order valence-corrected chi connectivity index (χ0v) is 15.8. The molecular weight excluding hydrogens is 324 g/mol. The van der Waals surface area contributed by atoms with Crippen molar-refractivity contribution in [2.45, 2.75) is 64.5 Å². The molecule has 3 saturated carbocycles.